The second kappa shape index (κ2) is 4.96. The van der Waals surface area contributed by atoms with Crippen molar-refractivity contribution in [2.45, 2.75) is 71.6 Å². The van der Waals surface area contributed by atoms with Gasteiger partial charge in [-0.25, -0.2) is 0 Å². The first-order valence-electron chi connectivity index (χ1n) is 10.4. The fourth-order valence-electron chi connectivity index (χ4n) is 8.13. The average molecular weight is 338 g/mol. The number of rotatable bonds is 0. The third-order valence-corrected chi connectivity index (χ3v) is 9.46. The Kier molecular flexibility index (Phi) is 3.18. The number of carbonyl (C=O) groups is 2. The summed E-state index contributed by atoms with van der Waals surface area (Å²) in [5.41, 5.74) is 1.69. The van der Waals surface area contributed by atoms with Crippen LogP contribution in [0.15, 0.2) is 23.8 Å². The van der Waals surface area contributed by atoms with E-state index in [2.05, 4.69) is 19.9 Å². The van der Waals surface area contributed by atoms with Crippen LogP contribution in [0.3, 0.4) is 0 Å². The molecule has 0 aliphatic heterocycles. The zero-order valence-electron chi connectivity index (χ0n) is 15.6. The lowest BCUT2D eigenvalue weighted by molar-refractivity contribution is -0.137. The molecule has 5 aliphatic rings. The summed E-state index contributed by atoms with van der Waals surface area (Å²) in [6, 6.07) is 0. The van der Waals surface area contributed by atoms with Crippen molar-refractivity contribution in [3.63, 3.8) is 0 Å². The molecule has 0 N–H and O–H groups in total. The normalized spacial score (nSPS) is 51.3. The Morgan fingerprint density at radius 1 is 0.960 bits per heavy atom. The number of fused-ring (bicyclic) bond motifs is 6. The predicted molar refractivity (Wildman–Crippen MR) is 97.9 cm³/mol. The van der Waals surface area contributed by atoms with E-state index in [1.165, 1.54) is 31.3 Å². The molecule has 5 unspecified atom stereocenters. The Hall–Kier alpha value is -1.18. The molecule has 25 heavy (non-hydrogen) atoms. The van der Waals surface area contributed by atoms with E-state index in [4.69, 9.17) is 0 Å². The number of allylic oxidation sites excluding steroid dienone is 4. The lowest BCUT2D eigenvalue weighted by atomic mass is 9.45. The van der Waals surface area contributed by atoms with E-state index >= 15 is 0 Å². The van der Waals surface area contributed by atoms with Crippen molar-refractivity contribution in [2.75, 3.05) is 0 Å². The second-order valence-corrected chi connectivity index (χ2v) is 9.96. The molecule has 0 saturated heterocycles. The fourth-order valence-corrected chi connectivity index (χ4v) is 8.13. The van der Waals surface area contributed by atoms with Crippen LogP contribution in [-0.2, 0) is 9.59 Å². The van der Waals surface area contributed by atoms with Crippen molar-refractivity contribution >= 4 is 11.6 Å². The van der Waals surface area contributed by atoms with Gasteiger partial charge < -0.3 is 0 Å². The molecule has 4 fully saturated rings. The van der Waals surface area contributed by atoms with E-state index in [0.29, 0.717) is 17.6 Å². The zero-order valence-corrected chi connectivity index (χ0v) is 15.6. The Bertz CT molecular complexity index is 716. The van der Waals surface area contributed by atoms with Gasteiger partial charge in [0.25, 0.3) is 0 Å². The van der Waals surface area contributed by atoms with Crippen LogP contribution in [0.5, 0.6) is 0 Å². The Morgan fingerprint density at radius 3 is 2.52 bits per heavy atom. The molecule has 0 amide bonds. The molecular weight excluding hydrogens is 308 g/mol. The number of hydrogen-bond donors (Lipinski definition) is 0. The van der Waals surface area contributed by atoms with E-state index < -0.39 is 0 Å². The summed E-state index contributed by atoms with van der Waals surface area (Å²) in [7, 11) is 0. The fraction of sp³-hybridized carbons (Fsp3) is 0.739. The summed E-state index contributed by atoms with van der Waals surface area (Å²) in [6.07, 6.45) is 16.1. The maximum atomic E-state index is 12.9. The third kappa shape index (κ3) is 1.82. The molecule has 0 bridgehead atoms. The molecular formula is C23H30O2. The van der Waals surface area contributed by atoms with E-state index in [9.17, 15) is 9.59 Å². The van der Waals surface area contributed by atoms with Crippen molar-refractivity contribution in [3.05, 3.63) is 23.8 Å². The molecule has 5 rings (SSSR count). The highest BCUT2D eigenvalue weighted by Gasteiger charge is 2.66. The van der Waals surface area contributed by atoms with E-state index in [0.717, 1.165) is 38.0 Å². The van der Waals surface area contributed by atoms with Gasteiger partial charge in [0.1, 0.15) is 5.78 Å². The highest BCUT2D eigenvalue weighted by molar-refractivity contribution is 6.01. The largest absolute Gasteiger partial charge is 0.299 e. The molecule has 4 saturated carbocycles. The van der Waals surface area contributed by atoms with Gasteiger partial charge in [0, 0.05) is 17.3 Å². The quantitative estimate of drug-likeness (QED) is 0.620. The molecule has 0 heterocycles. The standard InChI is InChI=1S/C23H30O2/c1-21-11-7-16(24)14-15(21)5-6-17-18(21)8-12-22(2)19(17)9-13-23(22)10-3-4-20(23)25/h7,11,14,17-19H,3-6,8-10,12-13H2,1-2H3/t17?,18?,19?,21?,22?,23-/m0/s1. The lowest BCUT2D eigenvalue weighted by Gasteiger charge is -2.58. The van der Waals surface area contributed by atoms with Crippen molar-refractivity contribution < 1.29 is 9.59 Å². The monoisotopic (exact) mass is 338 g/mol. The maximum Gasteiger partial charge on any atom is 0.178 e. The molecule has 2 heteroatoms. The SMILES string of the molecule is CC12C=CC(=O)C=C1CCC1C2CCC2(C)C1CC[C@]21CCCC1=O. The van der Waals surface area contributed by atoms with E-state index in [1.54, 1.807) is 6.08 Å². The van der Waals surface area contributed by atoms with Gasteiger partial charge in [-0.15, -0.1) is 0 Å². The van der Waals surface area contributed by atoms with Crippen LogP contribution in [0.25, 0.3) is 0 Å². The number of ketones is 2. The van der Waals surface area contributed by atoms with Gasteiger partial charge in [-0.05, 0) is 86.7 Å². The topological polar surface area (TPSA) is 34.1 Å². The van der Waals surface area contributed by atoms with Crippen molar-refractivity contribution in [1.82, 2.24) is 0 Å². The molecule has 1 spiro atoms. The summed E-state index contributed by atoms with van der Waals surface area (Å²) in [5.74, 6) is 2.84. The van der Waals surface area contributed by atoms with E-state index in [1.807, 2.05) is 6.08 Å². The molecule has 6 atom stereocenters. The van der Waals surface area contributed by atoms with Crippen LogP contribution >= 0.6 is 0 Å². The second-order valence-electron chi connectivity index (χ2n) is 9.96. The van der Waals surface area contributed by atoms with Gasteiger partial charge in [0.05, 0.1) is 0 Å². The molecule has 0 radical (unpaired) electrons. The average Bonchev–Trinajstić information content (AvgIpc) is 3.10. The highest BCUT2D eigenvalue weighted by Crippen LogP contribution is 2.71. The van der Waals surface area contributed by atoms with Crippen LogP contribution < -0.4 is 0 Å². The summed E-state index contributed by atoms with van der Waals surface area (Å²) >= 11 is 0. The van der Waals surface area contributed by atoms with Crippen molar-refractivity contribution in [1.29, 1.82) is 0 Å². The van der Waals surface area contributed by atoms with Crippen molar-refractivity contribution in [3.8, 4) is 0 Å². The van der Waals surface area contributed by atoms with Crippen LogP contribution in [0.2, 0.25) is 0 Å². The van der Waals surface area contributed by atoms with Crippen LogP contribution in [-0.4, -0.2) is 11.6 Å². The summed E-state index contributed by atoms with van der Waals surface area (Å²) in [5, 5.41) is 0. The maximum absolute atomic E-state index is 12.9. The lowest BCUT2D eigenvalue weighted by Crippen LogP contribution is -2.52. The molecule has 0 aromatic carbocycles. The Labute approximate surface area is 151 Å². The Morgan fingerprint density at radius 2 is 1.76 bits per heavy atom. The highest BCUT2D eigenvalue weighted by atomic mass is 16.1. The van der Waals surface area contributed by atoms with Gasteiger partial charge in [0.15, 0.2) is 5.78 Å². The van der Waals surface area contributed by atoms with Gasteiger partial charge in [-0.3, -0.25) is 9.59 Å². The minimum atomic E-state index is 0.0119. The minimum absolute atomic E-state index is 0.0119. The minimum Gasteiger partial charge on any atom is -0.299 e. The molecule has 0 aromatic heterocycles. The van der Waals surface area contributed by atoms with Gasteiger partial charge in [-0.1, -0.05) is 25.5 Å². The first kappa shape index (κ1) is 16.0. The first-order chi connectivity index (χ1) is 11.9. The number of Topliss-reactive ketones (excluding diaryl/α,β-unsaturated/α-hetero) is 1. The third-order valence-electron chi connectivity index (χ3n) is 9.46. The first-order valence-corrected chi connectivity index (χ1v) is 10.4. The zero-order chi connectivity index (χ0) is 17.4. The van der Waals surface area contributed by atoms with E-state index in [-0.39, 0.29) is 22.0 Å². The van der Waals surface area contributed by atoms with Crippen molar-refractivity contribution in [2.24, 2.45) is 34.0 Å². The molecule has 5 aliphatic carbocycles. The van der Waals surface area contributed by atoms with Crippen LogP contribution in [0, 0.1) is 34.0 Å². The van der Waals surface area contributed by atoms with Gasteiger partial charge in [0.2, 0.25) is 0 Å². The number of hydrogen-bond acceptors (Lipinski definition) is 2. The summed E-state index contributed by atoms with van der Waals surface area (Å²) in [6.45, 7) is 4.84. The smallest absolute Gasteiger partial charge is 0.178 e. The van der Waals surface area contributed by atoms with Crippen LogP contribution in [0.1, 0.15) is 71.6 Å². The molecule has 134 valence electrons. The summed E-state index contributed by atoms with van der Waals surface area (Å²) < 4.78 is 0. The van der Waals surface area contributed by atoms with Gasteiger partial charge >= 0.3 is 0 Å². The van der Waals surface area contributed by atoms with Crippen LogP contribution in [0.4, 0.5) is 0 Å². The molecule has 0 aromatic rings. The predicted octanol–water partition coefficient (Wildman–Crippen LogP) is 5.03. The summed E-state index contributed by atoms with van der Waals surface area (Å²) in [4.78, 5) is 24.7. The molecule has 2 nitrogen and oxygen atoms in total. The number of carbonyl (C=O) groups excluding carboxylic acids is 2. The Balaban J connectivity index is 1.52. The van der Waals surface area contributed by atoms with Gasteiger partial charge in [-0.2, -0.15) is 0 Å².